The summed E-state index contributed by atoms with van der Waals surface area (Å²) in [6.07, 6.45) is 5.54. The molecule has 35 heavy (non-hydrogen) atoms. The van der Waals surface area contributed by atoms with Crippen molar-refractivity contribution < 1.29 is 24.2 Å². The van der Waals surface area contributed by atoms with Crippen LogP contribution in [0.2, 0.25) is 0 Å². The van der Waals surface area contributed by atoms with Crippen LogP contribution in [-0.4, -0.2) is 22.6 Å². The molecule has 0 aliphatic rings. The summed E-state index contributed by atoms with van der Waals surface area (Å²) in [5.41, 5.74) is 1.25. The maximum atomic E-state index is 13.6. The quantitative estimate of drug-likeness (QED) is 0.102. The Morgan fingerprint density at radius 1 is 0.857 bits per heavy atom. The highest BCUT2D eigenvalue weighted by atomic mass is 16.5. The van der Waals surface area contributed by atoms with E-state index in [4.69, 9.17) is 4.74 Å². The van der Waals surface area contributed by atoms with E-state index < -0.39 is 11.9 Å². The Morgan fingerprint density at radius 2 is 1.40 bits per heavy atom. The van der Waals surface area contributed by atoms with Gasteiger partial charge in [0.05, 0.1) is 0 Å². The molecule has 0 spiro atoms. The molecule has 1 unspecified atom stereocenters. The van der Waals surface area contributed by atoms with E-state index in [0.29, 0.717) is 43.4 Å². The Balaban J connectivity index is 7.28. The van der Waals surface area contributed by atoms with Crippen molar-refractivity contribution >= 4 is 17.5 Å². The predicted molar refractivity (Wildman–Crippen MR) is 144 cm³/mol. The Kier molecular flexibility index (Phi) is 15.5. The molecule has 0 aromatic carbocycles. The van der Waals surface area contributed by atoms with Crippen molar-refractivity contribution in [2.75, 3.05) is 0 Å². The van der Waals surface area contributed by atoms with Crippen molar-refractivity contribution in [1.29, 1.82) is 0 Å². The van der Waals surface area contributed by atoms with Crippen LogP contribution in [0.25, 0.3) is 0 Å². The number of ketones is 2. The fraction of sp³-hybridized carbons (Fsp3) is 0.700. The van der Waals surface area contributed by atoms with Gasteiger partial charge in [-0.05, 0) is 69.3 Å². The summed E-state index contributed by atoms with van der Waals surface area (Å²) in [4.78, 5) is 39.0. The predicted octanol–water partition coefficient (Wildman–Crippen LogP) is 8.05. The summed E-state index contributed by atoms with van der Waals surface area (Å²) in [6, 6.07) is 0. The SMILES string of the molecule is CCCC(=O)OC(/C(C(=O)C(C)CC)=C(/O)C=C(CC(C)C)CC(C)C)=C(\CCC(C)C)C(C)=O. The van der Waals surface area contributed by atoms with Crippen molar-refractivity contribution in [3.63, 3.8) is 0 Å². The number of ether oxygens (including phenoxy) is 1. The van der Waals surface area contributed by atoms with Gasteiger partial charge < -0.3 is 9.84 Å². The molecule has 5 nitrogen and oxygen atoms in total. The van der Waals surface area contributed by atoms with Crippen LogP contribution in [0.5, 0.6) is 0 Å². The number of rotatable bonds is 16. The molecule has 0 amide bonds. The molecule has 200 valence electrons. The monoisotopic (exact) mass is 490 g/mol. The average Bonchev–Trinajstić information content (AvgIpc) is 2.71. The fourth-order valence-electron chi connectivity index (χ4n) is 3.82. The standard InChI is InChI=1S/C30H50O5/c1-11-13-27(33)35-30(25(23(10)31)15-14-19(3)4)28(29(34)22(9)12-2)26(32)18-24(16-20(5)6)17-21(7)8/h18-22,32H,11-17H2,1-10H3/b28-26+,30-25+. The lowest BCUT2D eigenvalue weighted by Gasteiger charge is -2.20. The van der Waals surface area contributed by atoms with Gasteiger partial charge in [0.15, 0.2) is 17.3 Å². The lowest BCUT2D eigenvalue weighted by molar-refractivity contribution is -0.139. The second kappa shape index (κ2) is 16.5. The molecule has 0 saturated carbocycles. The summed E-state index contributed by atoms with van der Waals surface area (Å²) in [5.74, 6) is -0.738. The van der Waals surface area contributed by atoms with Gasteiger partial charge in [-0.3, -0.25) is 14.4 Å². The smallest absolute Gasteiger partial charge is 0.311 e. The number of carbonyl (C=O) groups is 3. The van der Waals surface area contributed by atoms with E-state index in [1.54, 1.807) is 13.0 Å². The lowest BCUT2D eigenvalue weighted by Crippen LogP contribution is -2.22. The molecule has 5 heteroatoms. The fourth-order valence-corrected chi connectivity index (χ4v) is 3.82. The number of hydrogen-bond donors (Lipinski definition) is 1. The lowest BCUT2D eigenvalue weighted by atomic mass is 9.89. The average molecular weight is 491 g/mol. The molecule has 0 aromatic rings. The van der Waals surface area contributed by atoms with E-state index >= 15 is 0 Å². The molecule has 0 aliphatic carbocycles. The van der Waals surface area contributed by atoms with E-state index in [-0.39, 0.29) is 40.7 Å². The normalized spacial score (nSPS) is 14.0. The van der Waals surface area contributed by atoms with Crippen LogP contribution in [0.1, 0.15) is 114 Å². The second-order valence-corrected chi connectivity index (χ2v) is 11.0. The number of aliphatic hydroxyl groups excluding tert-OH is 1. The van der Waals surface area contributed by atoms with Crippen LogP contribution in [-0.2, 0) is 19.1 Å². The highest BCUT2D eigenvalue weighted by Crippen LogP contribution is 2.30. The maximum Gasteiger partial charge on any atom is 0.311 e. The number of carbonyl (C=O) groups excluding carboxylic acids is 3. The van der Waals surface area contributed by atoms with E-state index in [1.165, 1.54) is 6.92 Å². The Morgan fingerprint density at radius 3 is 1.80 bits per heavy atom. The molecule has 1 atom stereocenters. The topological polar surface area (TPSA) is 80.7 Å². The van der Waals surface area contributed by atoms with Gasteiger partial charge in [0, 0.05) is 17.9 Å². The van der Waals surface area contributed by atoms with Crippen molar-refractivity contribution in [2.45, 2.75) is 114 Å². The van der Waals surface area contributed by atoms with Gasteiger partial charge in [0.25, 0.3) is 0 Å². The molecule has 0 aromatic heterocycles. The third-order valence-electron chi connectivity index (χ3n) is 5.81. The number of allylic oxidation sites excluding steroid dienone is 4. The van der Waals surface area contributed by atoms with Crippen molar-refractivity contribution in [3.8, 4) is 0 Å². The van der Waals surface area contributed by atoms with Crippen molar-refractivity contribution in [2.24, 2.45) is 23.7 Å². The summed E-state index contributed by atoms with van der Waals surface area (Å²) in [6.45, 7) is 19.5. The summed E-state index contributed by atoms with van der Waals surface area (Å²) in [7, 11) is 0. The number of hydrogen-bond acceptors (Lipinski definition) is 5. The van der Waals surface area contributed by atoms with Crippen LogP contribution in [0.4, 0.5) is 0 Å². The van der Waals surface area contributed by atoms with Crippen LogP contribution >= 0.6 is 0 Å². The zero-order valence-electron chi connectivity index (χ0n) is 23.9. The molecule has 0 rings (SSSR count). The first-order valence-electron chi connectivity index (χ1n) is 13.4. The van der Waals surface area contributed by atoms with E-state index in [9.17, 15) is 19.5 Å². The van der Waals surface area contributed by atoms with E-state index in [2.05, 4.69) is 27.7 Å². The zero-order valence-corrected chi connectivity index (χ0v) is 23.9. The first-order chi connectivity index (χ1) is 16.2. The van der Waals surface area contributed by atoms with Gasteiger partial charge in [0.1, 0.15) is 11.3 Å². The highest BCUT2D eigenvalue weighted by Gasteiger charge is 2.30. The Labute approximate surface area is 214 Å². The second-order valence-electron chi connectivity index (χ2n) is 11.0. The minimum Gasteiger partial charge on any atom is -0.507 e. The third kappa shape index (κ3) is 12.4. The largest absolute Gasteiger partial charge is 0.507 e. The molecule has 0 saturated heterocycles. The van der Waals surface area contributed by atoms with Crippen LogP contribution in [0.15, 0.2) is 34.3 Å². The van der Waals surface area contributed by atoms with Gasteiger partial charge in [-0.25, -0.2) is 0 Å². The minimum absolute atomic E-state index is 0.0530. The molecule has 0 heterocycles. The van der Waals surface area contributed by atoms with Gasteiger partial charge in [-0.2, -0.15) is 0 Å². The molecule has 0 aliphatic heterocycles. The molecule has 0 fully saturated rings. The van der Waals surface area contributed by atoms with Gasteiger partial charge >= 0.3 is 5.97 Å². The van der Waals surface area contributed by atoms with Crippen LogP contribution < -0.4 is 0 Å². The number of aliphatic hydroxyl groups is 1. The molecule has 0 radical (unpaired) electrons. The van der Waals surface area contributed by atoms with Gasteiger partial charge in [0.2, 0.25) is 0 Å². The van der Waals surface area contributed by atoms with E-state index in [0.717, 1.165) is 18.4 Å². The van der Waals surface area contributed by atoms with Crippen molar-refractivity contribution in [1.82, 2.24) is 0 Å². The third-order valence-corrected chi connectivity index (χ3v) is 5.81. The first kappa shape index (κ1) is 32.8. The molecular formula is C30H50O5. The summed E-state index contributed by atoms with van der Waals surface area (Å²) in [5, 5.41) is 11.4. The first-order valence-corrected chi connectivity index (χ1v) is 13.4. The van der Waals surface area contributed by atoms with Crippen LogP contribution in [0, 0.1) is 23.7 Å². The molecule has 0 bridgehead atoms. The van der Waals surface area contributed by atoms with E-state index in [1.807, 2.05) is 27.7 Å². The summed E-state index contributed by atoms with van der Waals surface area (Å²) < 4.78 is 5.74. The Bertz CT molecular complexity index is 797. The van der Waals surface area contributed by atoms with Crippen LogP contribution in [0.3, 0.4) is 0 Å². The molecule has 1 N–H and O–H groups in total. The number of esters is 1. The zero-order chi connectivity index (χ0) is 27.3. The highest BCUT2D eigenvalue weighted by molar-refractivity contribution is 6.05. The number of Topliss-reactive ketones (excluding diaryl/α,β-unsaturated/α-hetero) is 2. The molecular weight excluding hydrogens is 440 g/mol. The van der Waals surface area contributed by atoms with Crippen molar-refractivity contribution in [3.05, 3.63) is 34.3 Å². The van der Waals surface area contributed by atoms with Gasteiger partial charge in [-0.1, -0.05) is 67.9 Å². The Hall–Kier alpha value is -2.17. The van der Waals surface area contributed by atoms with Gasteiger partial charge in [-0.15, -0.1) is 0 Å². The summed E-state index contributed by atoms with van der Waals surface area (Å²) >= 11 is 0. The maximum absolute atomic E-state index is 13.6. The minimum atomic E-state index is -0.512.